The van der Waals surface area contributed by atoms with Gasteiger partial charge in [0, 0.05) is 22.8 Å². The van der Waals surface area contributed by atoms with Crippen LogP contribution in [0.2, 0.25) is 0 Å². The van der Waals surface area contributed by atoms with Gasteiger partial charge in [-0.15, -0.1) is 0 Å². The number of hydrogen-bond acceptors (Lipinski definition) is 4. The van der Waals surface area contributed by atoms with Crippen molar-refractivity contribution in [3.8, 4) is 0 Å². The van der Waals surface area contributed by atoms with E-state index in [1.165, 1.54) is 4.90 Å². The maximum atomic E-state index is 11.0. The standard InChI is InChI=1S/C11H15NOS2/c1-9(13)10-3-5-11(6-4-10)15-14-8-7-12-2/h3-6,12H,7-8H2,1-2H3. The van der Waals surface area contributed by atoms with Gasteiger partial charge in [-0.05, 0) is 26.1 Å². The minimum Gasteiger partial charge on any atom is -0.319 e. The minimum absolute atomic E-state index is 0.120. The molecule has 0 heterocycles. The van der Waals surface area contributed by atoms with Crippen molar-refractivity contribution >= 4 is 27.4 Å². The van der Waals surface area contributed by atoms with Crippen molar-refractivity contribution in [3.05, 3.63) is 29.8 Å². The van der Waals surface area contributed by atoms with Gasteiger partial charge in [0.2, 0.25) is 0 Å². The van der Waals surface area contributed by atoms with Crippen LogP contribution in [-0.2, 0) is 0 Å². The summed E-state index contributed by atoms with van der Waals surface area (Å²) < 4.78 is 0. The predicted octanol–water partition coefficient (Wildman–Crippen LogP) is 2.85. The van der Waals surface area contributed by atoms with Crippen LogP contribution >= 0.6 is 21.6 Å². The van der Waals surface area contributed by atoms with Gasteiger partial charge in [-0.1, -0.05) is 33.7 Å². The first kappa shape index (κ1) is 12.6. The van der Waals surface area contributed by atoms with Crippen LogP contribution in [0.3, 0.4) is 0 Å². The van der Waals surface area contributed by atoms with Crippen LogP contribution in [0.5, 0.6) is 0 Å². The molecule has 0 saturated heterocycles. The molecule has 0 fully saturated rings. The normalized spacial score (nSPS) is 10.3. The lowest BCUT2D eigenvalue weighted by Crippen LogP contribution is -2.08. The van der Waals surface area contributed by atoms with E-state index in [0.717, 1.165) is 17.9 Å². The summed E-state index contributed by atoms with van der Waals surface area (Å²) in [6.45, 7) is 2.60. The van der Waals surface area contributed by atoms with Gasteiger partial charge in [0.25, 0.3) is 0 Å². The molecule has 0 aliphatic rings. The highest BCUT2D eigenvalue weighted by atomic mass is 33.1. The topological polar surface area (TPSA) is 29.1 Å². The number of rotatable bonds is 6. The molecule has 0 aliphatic carbocycles. The van der Waals surface area contributed by atoms with Crippen molar-refractivity contribution < 1.29 is 4.79 Å². The van der Waals surface area contributed by atoms with Gasteiger partial charge in [0.1, 0.15) is 0 Å². The maximum absolute atomic E-state index is 11.0. The number of hydrogen-bond donors (Lipinski definition) is 1. The summed E-state index contributed by atoms with van der Waals surface area (Å²) >= 11 is 0. The summed E-state index contributed by atoms with van der Waals surface area (Å²) in [5.41, 5.74) is 0.777. The molecule has 0 aliphatic heterocycles. The predicted molar refractivity (Wildman–Crippen MR) is 68.7 cm³/mol. The van der Waals surface area contributed by atoms with Crippen molar-refractivity contribution in [2.24, 2.45) is 0 Å². The Bertz CT molecular complexity index is 311. The molecule has 1 aromatic rings. The number of carbonyl (C=O) groups excluding carboxylic acids is 1. The summed E-state index contributed by atoms with van der Waals surface area (Å²) in [4.78, 5) is 12.2. The molecule has 1 rings (SSSR count). The largest absolute Gasteiger partial charge is 0.319 e. The van der Waals surface area contributed by atoms with Crippen molar-refractivity contribution in [1.29, 1.82) is 0 Å². The van der Waals surface area contributed by atoms with Gasteiger partial charge in [-0.3, -0.25) is 4.79 Å². The number of nitrogens with one attached hydrogen (secondary N) is 1. The molecule has 0 spiro atoms. The fourth-order valence-electron chi connectivity index (χ4n) is 0.999. The Morgan fingerprint density at radius 1 is 1.33 bits per heavy atom. The Morgan fingerprint density at radius 3 is 2.53 bits per heavy atom. The maximum Gasteiger partial charge on any atom is 0.159 e. The molecule has 1 N–H and O–H groups in total. The van der Waals surface area contributed by atoms with Crippen molar-refractivity contribution in [2.45, 2.75) is 11.8 Å². The highest BCUT2D eigenvalue weighted by molar-refractivity contribution is 8.76. The van der Waals surface area contributed by atoms with Crippen LogP contribution in [0.1, 0.15) is 17.3 Å². The van der Waals surface area contributed by atoms with Gasteiger partial charge < -0.3 is 5.32 Å². The Balaban J connectivity index is 2.39. The molecule has 15 heavy (non-hydrogen) atoms. The van der Waals surface area contributed by atoms with Crippen LogP contribution in [0.25, 0.3) is 0 Å². The van der Waals surface area contributed by atoms with Gasteiger partial charge in [-0.25, -0.2) is 0 Å². The van der Waals surface area contributed by atoms with Crippen LogP contribution < -0.4 is 5.32 Å². The molecule has 4 heteroatoms. The lowest BCUT2D eigenvalue weighted by molar-refractivity contribution is 0.101. The Morgan fingerprint density at radius 2 is 2.00 bits per heavy atom. The molecule has 0 radical (unpaired) electrons. The number of carbonyl (C=O) groups is 1. The quantitative estimate of drug-likeness (QED) is 0.471. The third kappa shape index (κ3) is 4.73. The van der Waals surface area contributed by atoms with E-state index in [1.807, 2.05) is 42.1 Å². The SMILES string of the molecule is CNCCSSc1ccc(C(C)=O)cc1. The van der Waals surface area contributed by atoms with E-state index in [9.17, 15) is 4.79 Å². The van der Waals surface area contributed by atoms with E-state index in [2.05, 4.69) is 5.32 Å². The third-order valence-corrected chi connectivity index (χ3v) is 4.24. The van der Waals surface area contributed by atoms with E-state index in [4.69, 9.17) is 0 Å². The molecular weight excluding hydrogens is 226 g/mol. The average molecular weight is 241 g/mol. The zero-order chi connectivity index (χ0) is 11.1. The Kier molecular flexibility index (Phi) is 5.83. The van der Waals surface area contributed by atoms with Gasteiger partial charge in [0.15, 0.2) is 5.78 Å². The lowest BCUT2D eigenvalue weighted by Gasteiger charge is -2.01. The number of ketones is 1. The monoisotopic (exact) mass is 241 g/mol. The number of benzene rings is 1. The fourth-order valence-corrected chi connectivity index (χ4v) is 2.99. The van der Waals surface area contributed by atoms with Crippen LogP contribution in [0.15, 0.2) is 29.2 Å². The van der Waals surface area contributed by atoms with E-state index in [1.54, 1.807) is 17.7 Å². The van der Waals surface area contributed by atoms with Crippen molar-refractivity contribution in [2.75, 3.05) is 19.3 Å². The molecule has 0 bridgehead atoms. The highest BCUT2D eigenvalue weighted by Gasteiger charge is 1.99. The minimum atomic E-state index is 0.120. The molecule has 0 amide bonds. The Hall–Kier alpha value is -0.450. The second-order valence-electron chi connectivity index (χ2n) is 3.09. The van der Waals surface area contributed by atoms with Crippen molar-refractivity contribution in [3.63, 3.8) is 0 Å². The first-order chi connectivity index (χ1) is 7.24. The summed E-state index contributed by atoms with van der Waals surface area (Å²) in [7, 11) is 5.51. The average Bonchev–Trinajstić information content (AvgIpc) is 2.25. The first-order valence-electron chi connectivity index (χ1n) is 4.79. The van der Waals surface area contributed by atoms with E-state index in [0.29, 0.717) is 0 Å². The van der Waals surface area contributed by atoms with Gasteiger partial charge in [-0.2, -0.15) is 0 Å². The van der Waals surface area contributed by atoms with Crippen LogP contribution in [-0.4, -0.2) is 25.1 Å². The molecule has 2 nitrogen and oxygen atoms in total. The summed E-state index contributed by atoms with van der Waals surface area (Å²) in [5, 5.41) is 3.10. The molecule has 1 aromatic carbocycles. The van der Waals surface area contributed by atoms with E-state index < -0.39 is 0 Å². The second-order valence-corrected chi connectivity index (χ2v) is 5.58. The van der Waals surface area contributed by atoms with E-state index >= 15 is 0 Å². The smallest absolute Gasteiger partial charge is 0.159 e. The zero-order valence-electron chi connectivity index (χ0n) is 8.95. The molecule has 0 saturated carbocycles. The molecule has 82 valence electrons. The Labute approximate surface area is 98.6 Å². The van der Waals surface area contributed by atoms with Gasteiger partial charge in [0.05, 0.1) is 0 Å². The van der Waals surface area contributed by atoms with Gasteiger partial charge >= 0.3 is 0 Å². The second kappa shape index (κ2) is 6.93. The zero-order valence-corrected chi connectivity index (χ0v) is 10.6. The van der Waals surface area contributed by atoms with Crippen LogP contribution in [0, 0.1) is 0 Å². The molecule has 0 aromatic heterocycles. The summed E-state index contributed by atoms with van der Waals surface area (Å²) in [6.07, 6.45) is 0. The van der Waals surface area contributed by atoms with Crippen LogP contribution in [0.4, 0.5) is 0 Å². The lowest BCUT2D eigenvalue weighted by atomic mass is 10.2. The summed E-state index contributed by atoms with van der Waals surface area (Å²) in [5.74, 6) is 1.20. The summed E-state index contributed by atoms with van der Waals surface area (Å²) in [6, 6.07) is 7.74. The van der Waals surface area contributed by atoms with Crippen molar-refractivity contribution in [1.82, 2.24) is 5.32 Å². The van der Waals surface area contributed by atoms with E-state index in [-0.39, 0.29) is 5.78 Å². The number of Topliss-reactive ketones (excluding diaryl/α,β-unsaturated/α-hetero) is 1. The fraction of sp³-hybridized carbons (Fsp3) is 0.364. The molecule has 0 unspecified atom stereocenters. The first-order valence-corrected chi connectivity index (χ1v) is 7.11. The molecular formula is C11H15NOS2. The highest BCUT2D eigenvalue weighted by Crippen LogP contribution is 2.30. The molecule has 0 atom stereocenters. The third-order valence-electron chi connectivity index (χ3n) is 1.85.